The molecule has 0 spiro atoms. The lowest BCUT2D eigenvalue weighted by molar-refractivity contribution is -0.134. The van der Waals surface area contributed by atoms with Gasteiger partial charge in [-0.3, -0.25) is 9.59 Å². The van der Waals surface area contributed by atoms with Crippen molar-refractivity contribution < 1.29 is 14.3 Å². The molecule has 5 nitrogen and oxygen atoms in total. The highest BCUT2D eigenvalue weighted by Gasteiger charge is 2.27. The Bertz CT molecular complexity index is 581. The largest absolute Gasteiger partial charge is 0.376 e. The minimum atomic E-state index is -0.0702. The van der Waals surface area contributed by atoms with Gasteiger partial charge in [0.25, 0.3) is 0 Å². The van der Waals surface area contributed by atoms with Crippen molar-refractivity contribution in [2.24, 2.45) is 0 Å². The van der Waals surface area contributed by atoms with Crippen molar-refractivity contribution in [1.29, 1.82) is 0 Å². The van der Waals surface area contributed by atoms with Crippen LogP contribution in [0.15, 0.2) is 24.3 Å². The number of carbonyl (C=O) groups is 2. The van der Waals surface area contributed by atoms with Crippen LogP contribution < -0.4 is 4.90 Å². The number of carbonyl (C=O) groups excluding carboxylic acids is 2. The Morgan fingerprint density at radius 3 is 2.87 bits per heavy atom. The zero-order valence-corrected chi connectivity index (χ0v) is 13.7. The number of fused-ring (bicyclic) bond motifs is 1. The smallest absolute Gasteiger partial charge is 0.246 e. The lowest BCUT2D eigenvalue weighted by Crippen LogP contribution is -2.46. The van der Waals surface area contributed by atoms with Gasteiger partial charge in [-0.15, -0.1) is 0 Å². The molecule has 0 N–H and O–H groups in total. The highest BCUT2D eigenvalue weighted by atomic mass is 16.5. The van der Waals surface area contributed by atoms with E-state index < -0.39 is 0 Å². The maximum absolute atomic E-state index is 12.7. The molecule has 1 atom stereocenters. The predicted molar refractivity (Wildman–Crippen MR) is 88.3 cm³/mol. The Balaban J connectivity index is 1.68. The van der Waals surface area contributed by atoms with Crippen LogP contribution in [0.3, 0.4) is 0 Å². The van der Waals surface area contributed by atoms with Gasteiger partial charge in [-0.05, 0) is 37.3 Å². The Labute approximate surface area is 137 Å². The van der Waals surface area contributed by atoms with Gasteiger partial charge in [-0.25, -0.2) is 0 Å². The molecule has 124 valence electrons. The van der Waals surface area contributed by atoms with Crippen LogP contribution in [0.5, 0.6) is 0 Å². The van der Waals surface area contributed by atoms with E-state index in [-0.39, 0.29) is 24.5 Å². The number of rotatable bonds is 4. The van der Waals surface area contributed by atoms with E-state index in [0.717, 1.165) is 44.5 Å². The molecular formula is C18H24N2O3. The van der Waals surface area contributed by atoms with E-state index in [0.29, 0.717) is 6.54 Å². The first kappa shape index (κ1) is 16.0. The number of hydrogen-bond donors (Lipinski definition) is 0. The van der Waals surface area contributed by atoms with Crippen molar-refractivity contribution in [2.75, 3.05) is 31.1 Å². The summed E-state index contributed by atoms with van der Waals surface area (Å²) >= 11 is 0. The first-order chi connectivity index (χ1) is 11.1. The first-order valence-corrected chi connectivity index (χ1v) is 8.40. The van der Waals surface area contributed by atoms with Gasteiger partial charge in [0.05, 0.1) is 6.10 Å². The second-order valence-electron chi connectivity index (χ2n) is 6.31. The Morgan fingerprint density at radius 1 is 1.30 bits per heavy atom. The van der Waals surface area contributed by atoms with Gasteiger partial charge in [0.15, 0.2) is 0 Å². The zero-order valence-electron chi connectivity index (χ0n) is 13.7. The number of benzene rings is 1. The summed E-state index contributed by atoms with van der Waals surface area (Å²) in [6.45, 7) is 3.64. The van der Waals surface area contributed by atoms with Crippen LogP contribution in [0, 0.1) is 0 Å². The van der Waals surface area contributed by atoms with E-state index in [4.69, 9.17) is 4.74 Å². The van der Waals surface area contributed by atoms with Crippen molar-refractivity contribution in [3.8, 4) is 0 Å². The van der Waals surface area contributed by atoms with Crippen LogP contribution in [-0.2, 0) is 20.7 Å². The maximum Gasteiger partial charge on any atom is 0.246 e. The molecule has 0 radical (unpaired) electrons. The van der Waals surface area contributed by atoms with E-state index in [1.165, 1.54) is 12.5 Å². The standard InChI is InChI=1S/C18H24N2O3/c1-14(21)19(12-16-8-5-11-23-16)13-18(22)20-10-4-7-15-6-2-3-9-17(15)20/h2-3,6,9,16H,4-5,7-8,10-13H2,1H3. The van der Waals surface area contributed by atoms with Gasteiger partial charge >= 0.3 is 0 Å². The van der Waals surface area contributed by atoms with Crippen molar-refractivity contribution in [3.63, 3.8) is 0 Å². The zero-order chi connectivity index (χ0) is 16.2. The van der Waals surface area contributed by atoms with E-state index in [1.54, 1.807) is 4.90 Å². The summed E-state index contributed by atoms with van der Waals surface area (Å²) in [5.74, 6) is -0.0792. The molecule has 0 aromatic heterocycles. The van der Waals surface area contributed by atoms with Crippen LogP contribution in [0.25, 0.3) is 0 Å². The third-order valence-electron chi connectivity index (χ3n) is 4.63. The molecule has 1 fully saturated rings. The topological polar surface area (TPSA) is 49.9 Å². The summed E-state index contributed by atoms with van der Waals surface area (Å²) < 4.78 is 5.60. The Kier molecular flexibility index (Phi) is 4.96. The number of anilines is 1. The molecule has 23 heavy (non-hydrogen) atoms. The molecule has 1 aromatic rings. The van der Waals surface area contributed by atoms with Crippen molar-refractivity contribution in [1.82, 2.24) is 4.90 Å². The highest BCUT2D eigenvalue weighted by Crippen LogP contribution is 2.26. The number of hydrogen-bond acceptors (Lipinski definition) is 3. The van der Waals surface area contributed by atoms with Gasteiger partial charge in [0.1, 0.15) is 6.54 Å². The van der Waals surface area contributed by atoms with Gasteiger partial charge in [-0.2, -0.15) is 0 Å². The predicted octanol–water partition coefficient (Wildman–Crippen LogP) is 1.99. The molecule has 0 aliphatic carbocycles. The quantitative estimate of drug-likeness (QED) is 0.853. The lowest BCUT2D eigenvalue weighted by atomic mass is 10.0. The average molecular weight is 316 g/mol. The van der Waals surface area contributed by atoms with Crippen molar-refractivity contribution in [3.05, 3.63) is 29.8 Å². The molecule has 2 aliphatic rings. The minimum absolute atomic E-state index is 0.00894. The summed E-state index contributed by atoms with van der Waals surface area (Å²) in [7, 11) is 0. The molecule has 2 heterocycles. The Hall–Kier alpha value is -1.88. The number of nitrogens with zero attached hydrogens (tertiary/aromatic N) is 2. The van der Waals surface area contributed by atoms with Gasteiger partial charge in [-0.1, -0.05) is 18.2 Å². The summed E-state index contributed by atoms with van der Waals surface area (Å²) in [6, 6.07) is 8.03. The summed E-state index contributed by atoms with van der Waals surface area (Å²) in [5, 5.41) is 0. The molecule has 2 amide bonds. The van der Waals surface area contributed by atoms with Crippen LogP contribution in [0.1, 0.15) is 31.7 Å². The third-order valence-corrected chi connectivity index (χ3v) is 4.63. The monoisotopic (exact) mass is 316 g/mol. The summed E-state index contributed by atoms with van der Waals surface area (Å²) in [6.07, 6.45) is 4.04. The maximum atomic E-state index is 12.7. The minimum Gasteiger partial charge on any atom is -0.376 e. The highest BCUT2D eigenvalue weighted by molar-refractivity contribution is 5.97. The average Bonchev–Trinajstić information content (AvgIpc) is 3.06. The second-order valence-corrected chi connectivity index (χ2v) is 6.31. The van der Waals surface area contributed by atoms with Crippen molar-refractivity contribution in [2.45, 2.75) is 38.7 Å². The second kappa shape index (κ2) is 7.13. The molecule has 5 heteroatoms. The fourth-order valence-electron chi connectivity index (χ4n) is 3.38. The molecule has 0 saturated carbocycles. The van der Waals surface area contributed by atoms with E-state index in [2.05, 4.69) is 6.07 Å². The lowest BCUT2D eigenvalue weighted by Gasteiger charge is -2.32. The summed E-state index contributed by atoms with van der Waals surface area (Å²) in [4.78, 5) is 28.1. The number of amides is 2. The van der Waals surface area contributed by atoms with Crippen LogP contribution in [0.2, 0.25) is 0 Å². The van der Waals surface area contributed by atoms with E-state index in [1.807, 2.05) is 23.1 Å². The molecule has 1 unspecified atom stereocenters. The molecule has 3 rings (SSSR count). The van der Waals surface area contributed by atoms with Gasteiger partial charge < -0.3 is 14.5 Å². The molecule has 1 aromatic carbocycles. The van der Waals surface area contributed by atoms with E-state index in [9.17, 15) is 9.59 Å². The first-order valence-electron chi connectivity index (χ1n) is 8.40. The third kappa shape index (κ3) is 3.72. The van der Waals surface area contributed by atoms with Crippen molar-refractivity contribution >= 4 is 17.5 Å². The number of para-hydroxylation sites is 1. The SMILES string of the molecule is CC(=O)N(CC(=O)N1CCCc2ccccc21)CC1CCCO1. The Morgan fingerprint density at radius 2 is 2.13 bits per heavy atom. The fraction of sp³-hybridized carbons (Fsp3) is 0.556. The normalized spacial score (nSPS) is 20.2. The molecule has 0 bridgehead atoms. The van der Waals surface area contributed by atoms with Gasteiger partial charge in [0, 0.05) is 32.3 Å². The molecular weight excluding hydrogens is 292 g/mol. The fourth-order valence-corrected chi connectivity index (χ4v) is 3.38. The van der Waals surface area contributed by atoms with Crippen LogP contribution >= 0.6 is 0 Å². The number of aryl methyl sites for hydroxylation is 1. The van der Waals surface area contributed by atoms with Crippen LogP contribution in [-0.4, -0.2) is 49.1 Å². The van der Waals surface area contributed by atoms with E-state index >= 15 is 0 Å². The number of ether oxygens (including phenoxy) is 1. The summed E-state index contributed by atoms with van der Waals surface area (Å²) in [5.41, 5.74) is 2.20. The molecule has 2 aliphatic heterocycles. The van der Waals surface area contributed by atoms with Crippen LogP contribution in [0.4, 0.5) is 5.69 Å². The van der Waals surface area contributed by atoms with Gasteiger partial charge in [0.2, 0.25) is 11.8 Å². The molecule has 1 saturated heterocycles.